The first kappa shape index (κ1) is 27.1. The number of hydrogen-bond donors (Lipinski definition) is 1. The number of hydrogen-bond acceptors (Lipinski definition) is 3. The molecule has 1 aliphatic rings. The van der Waals surface area contributed by atoms with Crippen LogP contribution in [0.1, 0.15) is 64.7 Å². The number of carbonyl (C=O) groups is 1. The Kier molecular flexibility index (Phi) is 7.90. The number of nitrogens with two attached hydrogens (primary N) is 1. The zero-order valence-corrected chi connectivity index (χ0v) is 21.5. The van der Waals surface area contributed by atoms with Crippen LogP contribution in [-0.2, 0) is 29.0 Å². The Balaban J connectivity index is 1.67. The fourth-order valence-electron chi connectivity index (χ4n) is 5.29. The van der Waals surface area contributed by atoms with Crippen molar-refractivity contribution in [1.29, 1.82) is 0 Å². The summed E-state index contributed by atoms with van der Waals surface area (Å²) in [7, 11) is -3.86. The lowest BCUT2D eigenvalue weighted by Gasteiger charge is -2.18. The van der Waals surface area contributed by atoms with Crippen molar-refractivity contribution in [1.82, 2.24) is 0 Å². The van der Waals surface area contributed by atoms with Crippen LogP contribution in [0, 0.1) is 12.8 Å². The lowest BCUT2D eigenvalue weighted by atomic mass is 9.88. The third-order valence-electron chi connectivity index (χ3n) is 7.16. The van der Waals surface area contributed by atoms with Crippen molar-refractivity contribution < 1.29 is 26.4 Å². The smallest absolute Gasteiger partial charge is 0.294 e. The van der Waals surface area contributed by atoms with Gasteiger partial charge in [-0.05, 0) is 71.7 Å². The minimum atomic E-state index is -4.49. The maximum absolute atomic E-state index is 13.8. The van der Waals surface area contributed by atoms with Gasteiger partial charge >= 0.3 is 6.18 Å². The molecule has 37 heavy (non-hydrogen) atoms. The van der Waals surface area contributed by atoms with E-state index in [-0.39, 0.29) is 22.7 Å². The van der Waals surface area contributed by atoms with Crippen LogP contribution >= 0.6 is 0 Å². The molecule has 3 aromatic carbocycles. The summed E-state index contributed by atoms with van der Waals surface area (Å²) in [4.78, 5) is 13.2. The van der Waals surface area contributed by atoms with Gasteiger partial charge in [0.1, 0.15) is 0 Å². The molecular formula is C29H30F3NO3S. The molecule has 4 nitrogen and oxygen atoms in total. The fourth-order valence-corrected chi connectivity index (χ4v) is 6.05. The first-order chi connectivity index (χ1) is 17.4. The molecule has 0 bridgehead atoms. The maximum Gasteiger partial charge on any atom is 0.417 e. The summed E-state index contributed by atoms with van der Waals surface area (Å²) in [5.41, 5.74) is 2.15. The lowest BCUT2D eigenvalue weighted by molar-refractivity contribution is -0.137. The summed E-state index contributed by atoms with van der Waals surface area (Å²) in [6.45, 7) is 1.61. The Bertz CT molecular complexity index is 1410. The van der Waals surface area contributed by atoms with Gasteiger partial charge < -0.3 is 0 Å². The average molecular weight is 530 g/mol. The van der Waals surface area contributed by atoms with Crippen molar-refractivity contribution in [2.24, 2.45) is 11.1 Å². The molecule has 8 heteroatoms. The highest BCUT2D eigenvalue weighted by atomic mass is 32.2. The normalized spacial score (nSPS) is 14.7. The number of alkyl halides is 3. The predicted molar refractivity (Wildman–Crippen MR) is 138 cm³/mol. The third-order valence-corrected chi connectivity index (χ3v) is 8.23. The molecule has 0 heterocycles. The maximum atomic E-state index is 13.8. The van der Waals surface area contributed by atoms with E-state index in [2.05, 4.69) is 0 Å². The van der Waals surface area contributed by atoms with E-state index in [1.54, 1.807) is 43.3 Å². The first-order valence-electron chi connectivity index (χ1n) is 12.4. The molecule has 0 atom stereocenters. The van der Waals surface area contributed by atoms with Crippen LogP contribution in [0.4, 0.5) is 13.2 Å². The number of rotatable bonds is 8. The Morgan fingerprint density at radius 1 is 0.973 bits per heavy atom. The van der Waals surface area contributed by atoms with Gasteiger partial charge in [0.05, 0.1) is 10.5 Å². The number of aryl methyl sites for hydroxylation is 2. The van der Waals surface area contributed by atoms with Gasteiger partial charge in [0.2, 0.25) is 10.0 Å². The summed E-state index contributed by atoms with van der Waals surface area (Å²) in [6.07, 6.45) is 1.61. The summed E-state index contributed by atoms with van der Waals surface area (Å²) >= 11 is 0. The molecule has 0 amide bonds. The largest absolute Gasteiger partial charge is 0.417 e. The molecule has 0 unspecified atom stereocenters. The van der Waals surface area contributed by atoms with Crippen molar-refractivity contribution >= 4 is 15.8 Å². The van der Waals surface area contributed by atoms with E-state index in [0.717, 1.165) is 30.9 Å². The van der Waals surface area contributed by atoms with Gasteiger partial charge in [-0.1, -0.05) is 68.1 Å². The molecular weight excluding hydrogens is 499 g/mol. The zero-order chi connectivity index (χ0) is 26.8. The minimum absolute atomic E-state index is 0.00517. The predicted octanol–water partition coefficient (Wildman–Crippen LogP) is 6.88. The molecule has 2 N–H and O–H groups in total. The van der Waals surface area contributed by atoms with Crippen LogP contribution < -0.4 is 5.14 Å². The highest BCUT2D eigenvalue weighted by Crippen LogP contribution is 2.39. The third kappa shape index (κ3) is 6.48. The second-order valence-corrected chi connectivity index (χ2v) is 11.4. The number of sulfonamides is 1. The summed E-state index contributed by atoms with van der Waals surface area (Å²) < 4.78 is 64.7. The Morgan fingerprint density at radius 2 is 1.68 bits per heavy atom. The monoisotopic (exact) mass is 529 g/mol. The summed E-state index contributed by atoms with van der Waals surface area (Å²) in [5, 5.41) is 5.22. The molecule has 0 aliphatic heterocycles. The van der Waals surface area contributed by atoms with Crippen LogP contribution in [0.25, 0.3) is 11.1 Å². The number of halogens is 3. The number of ketones is 1. The van der Waals surface area contributed by atoms with Crippen LogP contribution in [0.2, 0.25) is 0 Å². The molecule has 0 radical (unpaired) electrons. The zero-order valence-electron chi connectivity index (χ0n) is 20.6. The number of benzene rings is 3. The van der Waals surface area contributed by atoms with Gasteiger partial charge in [-0.3, -0.25) is 4.79 Å². The highest BCUT2D eigenvalue weighted by Gasteiger charge is 2.34. The van der Waals surface area contributed by atoms with E-state index in [1.807, 2.05) is 0 Å². The standard InChI is InChI=1S/C29H30F3NO3S/c1-19-16-21(11-15-28(19)37(33,35)36)17-27(34)23-13-14-24(22(18-23)12-10-20-6-2-3-7-20)25-8-4-5-9-26(25)29(30,31)32/h4-5,8-9,11,13-16,18,20H,2-3,6-7,10,12,17H2,1H3,(H2,33,35,36). The topological polar surface area (TPSA) is 77.2 Å². The van der Waals surface area contributed by atoms with Crippen molar-refractivity contribution in [3.8, 4) is 11.1 Å². The van der Waals surface area contributed by atoms with Crippen molar-refractivity contribution in [3.05, 3.63) is 88.5 Å². The average Bonchev–Trinajstić information content (AvgIpc) is 3.35. The van der Waals surface area contributed by atoms with Crippen molar-refractivity contribution in [2.45, 2.75) is 62.9 Å². The minimum Gasteiger partial charge on any atom is -0.294 e. The van der Waals surface area contributed by atoms with Gasteiger partial charge in [-0.2, -0.15) is 13.2 Å². The van der Waals surface area contributed by atoms with E-state index < -0.39 is 21.8 Å². The van der Waals surface area contributed by atoms with Crippen molar-refractivity contribution in [3.63, 3.8) is 0 Å². The molecule has 196 valence electrons. The number of primary sulfonamides is 1. The van der Waals surface area contributed by atoms with Gasteiger partial charge in [-0.25, -0.2) is 13.6 Å². The van der Waals surface area contributed by atoms with Gasteiger partial charge in [-0.15, -0.1) is 0 Å². The molecule has 4 rings (SSSR count). The Hall–Kier alpha value is -2.97. The van der Waals surface area contributed by atoms with Crippen molar-refractivity contribution in [2.75, 3.05) is 0 Å². The molecule has 1 fully saturated rings. The molecule has 0 aromatic heterocycles. The Morgan fingerprint density at radius 3 is 2.32 bits per heavy atom. The van der Waals surface area contributed by atoms with E-state index in [0.29, 0.717) is 34.6 Å². The molecule has 1 saturated carbocycles. The van der Waals surface area contributed by atoms with Crippen LogP contribution in [-0.4, -0.2) is 14.2 Å². The van der Waals surface area contributed by atoms with Gasteiger partial charge in [0.15, 0.2) is 5.78 Å². The second-order valence-electron chi connectivity index (χ2n) is 9.85. The quantitative estimate of drug-likeness (QED) is 0.323. The van der Waals surface area contributed by atoms with E-state index in [4.69, 9.17) is 5.14 Å². The fraction of sp³-hybridized carbons (Fsp3) is 0.345. The first-order valence-corrected chi connectivity index (χ1v) is 13.9. The molecule has 1 aliphatic carbocycles. The number of Topliss-reactive ketones (excluding diaryl/α,β-unsaturated/α-hetero) is 1. The van der Waals surface area contributed by atoms with Crippen LogP contribution in [0.5, 0.6) is 0 Å². The highest BCUT2D eigenvalue weighted by molar-refractivity contribution is 7.89. The lowest BCUT2D eigenvalue weighted by Crippen LogP contribution is -2.14. The van der Waals surface area contributed by atoms with Gasteiger partial charge in [0.25, 0.3) is 0 Å². The molecule has 0 spiro atoms. The SMILES string of the molecule is Cc1cc(CC(=O)c2ccc(-c3ccccc3C(F)(F)F)c(CCC3CCCC3)c2)ccc1S(N)(=O)=O. The van der Waals surface area contributed by atoms with E-state index in [9.17, 15) is 26.4 Å². The van der Waals surface area contributed by atoms with E-state index in [1.165, 1.54) is 31.0 Å². The molecule has 3 aromatic rings. The van der Waals surface area contributed by atoms with E-state index >= 15 is 0 Å². The van der Waals surface area contributed by atoms with Crippen LogP contribution in [0.3, 0.4) is 0 Å². The second kappa shape index (κ2) is 10.8. The van der Waals surface area contributed by atoms with Crippen LogP contribution in [0.15, 0.2) is 65.6 Å². The number of carbonyl (C=O) groups excluding carboxylic acids is 1. The van der Waals surface area contributed by atoms with Gasteiger partial charge in [0, 0.05) is 12.0 Å². The molecule has 0 saturated heterocycles. The summed E-state index contributed by atoms with van der Waals surface area (Å²) in [6, 6.07) is 15.0. The Labute approximate surface area is 215 Å². The summed E-state index contributed by atoms with van der Waals surface area (Å²) in [5.74, 6) is 0.353.